The van der Waals surface area contributed by atoms with Crippen LogP contribution >= 0.6 is 0 Å². The first-order chi connectivity index (χ1) is 10.8. The van der Waals surface area contributed by atoms with Gasteiger partial charge in [0.05, 0.1) is 6.07 Å². The van der Waals surface area contributed by atoms with E-state index < -0.39 is 0 Å². The molecule has 0 unspecified atom stereocenters. The fourth-order valence-corrected chi connectivity index (χ4v) is 4.24. The summed E-state index contributed by atoms with van der Waals surface area (Å²) in [5, 5.41) is 8.49. The van der Waals surface area contributed by atoms with Crippen LogP contribution in [-0.4, -0.2) is 0 Å². The van der Waals surface area contributed by atoms with Crippen molar-refractivity contribution in [1.82, 2.24) is 0 Å². The molecule has 2 aliphatic rings. The standard InChI is InChI=1S/C21H33N/c1-2-18-7-9-20(10-8-18)15-16-21-13-11-19(12-14-21)6-4-3-5-17-22/h3,5,15-16,18-21H,2,4,6-14H2,1H3/t18-,19?,20-,21?. The summed E-state index contributed by atoms with van der Waals surface area (Å²) in [5.74, 6) is 3.62. The third-order valence-electron chi connectivity index (χ3n) is 5.95. The lowest BCUT2D eigenvalue weighted by Gasteiger charge is -2.28. The molecule has 2 aliphatic carbocycles. The molecule has 2 fully saturated rings. The van der Waals surface area contributed by atoms with Gasteiger partial charge in [-0.1, -0.05) is 31.6 Å². The Morgan fingerprint density at radius 2 is 1.41 bits per heavy atom. The van der Waals surface area contributed by atoms with E-state index >= 15 is 0 Å². The normalized spacial score (nSPS) is 33.3. The van der Waals surface area contributed by atoms with E-state index in [4.69, 9.17) is 5.26 Å². The van der Waals surface area contributed by atoms with Crippen molar-refractivity contribution in [3.8, 4) is 6.07 Å². The van der Waals surface area contributed by atoms with E-state index in [0.717, 1.165) is 30.1 Å². The van der Waals surface area contributed by atoms with Crippen LogP contribution in [-0.2, 0) is 0 Å². The summed E-state index contributed by atoms with van der Waals surface area (Å²) >= 11 is 0. The number of hydrogen-bond donors (Lipinski definition) is 0. The van der Waals surface area contributed by atoms with Gasteiger partial charge in [0, 0.05) is 6.08 Å². The topological polar surface area (TPSA) is 23.8 Å². The van der Waals surface area contributed by atoms with Crippen LogP contribution in [0.25, 0.3) is 0 Å². The zero-order chi connectivity index (χ0) is 15.6. The van der Waals surface area contributed by atoms with Crippen molar-refractivity contribution in [2.75, 3.05) is 0 Å². The molecular weight excluding hydrogens is 266 g/mol. The highest BCUT2D eigenvalue weighted by Gasteiger charge is 2.21. The molecular formula is C21H33N. The lowest BCUT2D eigenvalue weighted by Crippen LogP contribution is -2.14. The maximum atomic E-state index is 8.49. The number of rotatable bonds is 6. The second-order valence-electron chi connectivity index (χ2n) is 7.46. The molecule has 122 valence electrons. The molecule has 1 nitrogen and oxygen atoms in total. The number of nitriles is 1. The van der Waals surface area contributed by atoms with Crippen LogP contribution in [0.4, 0.5) is 0 Å². The van der Waals surface area contributed by atoms with Gasteiger partial charge in [-0.15, -0.1) is 0 Å². The largest absolute Gasteiger partial charge is 0.193 e. The van der Waals surface area contributed by atoms with Crippen LogP contribution in [0.15, 0.2) is 24.3 Å². The minimum absolute atomic E-state index is 0.842. The predicted molar refractivity (Wildman–Crippen MR) is 94.3 cm³/mol. The van der Waals surface area contributed by atoms with Gasteiger partial charge in [-0.25, -0.2) is 0 Å². The first-order valence-electron chi connectivity index (χ1n) is 9.54. The van der Waals surface area contributed by atoms with Gasteiger partial charge in [-0.2, -0.15) is 5.26 Å². The number of allylic oxidation sites excluding steroid dienone is 4. The maximum absolute atomic E-state index is 8.49. The SMILES string of the molecule is CC[C@H]1CC[C@H](C=CC2CCC(CCC=CC#N)CC2)CC1. The lowest BCUT2D eigenvalue weighted by atomic mass is 9.78. The summed E-state index contributed by atoms with van der Waals surface area (Å²) in [6.45, 7) is 2.34. The van der Waals surface area contributed by atoms with Crippen LogP contribution in [0.2, 0.25) is 0 Å². The third kappa shape index (κ3) is 5.99. The fraction of sp³-hybridized carbons (Fsp3) is 0.762. The molecule has 0 bridgehead atoms. The molecule has 0 radical (unpaired) electrons. The summed E-state index contributed by atoms with van der Waals surface area (Å²) in [4.78, 5) is 0. The van der Waals surface area contributed by atoms with Gasteiger partial charge in [-0.05, 0) is 87.9 Å². The average Bonchev–Trinajstić information content (AvgIpc) is 2.58. The fourth-order valence-electron chi connectivity index (χ4n) is 4.24. The zero-order valence-electron chi connectivity index (χ0n) is 14.3. The molecule has 0 saturated heterocycles. The van der Waals surface area contributed by atoms with E-state index in [0.29, 0.717) is 0 Å². The van der Waals surface area contributed by atoms with Crippen molar-refractivity contribution in [3.63, 3.8) is 0 Å². The highest BCUT2D eigenvalue weighted by molar-refractivity contribution is 5.01. The number of nitrogens with zero attached hydrogens (tertiary/aromatic N) is 1. The van der Waals surface area contributed by atoms with E-state index in [2.05, 4.69) is 25.1 Å². The van der Waals surface area contributed by atoms with Crippen molar-refractivity contribution >= 4 is 0 Å². The molecule has 0 amide bonds. The van der Waals surface area contributed by atoms with Crippen LogP contribution < -0.4 is 0 Å². The molecule has 22 heavy (non-hydrogen) atoms. The Bertz CT molecular complexity index is 385. The Hall–Kier alpha value is -1.03. The highest BCUT2D eigenvalue weighted by atomic mass is 14.3. The molecule has 2 saturated carbocycles. The quantitative estimate of drug-likeness (QED) is 0.410. The first kappa shape index (κ1) is 17.3. The van der Waals surface area contributed by atoms with E-state index in [1.807, 2.05) is 6.08 Å². The van der Waals surface area contributed by atoms with Crippen molar-refractivity contribution < 1.29 is 0 Å². The van der Waals surface area contributed by atoms with Crippen LogP contribution in [0.5, 0.6) is 0 Å². The van der Waals surface area contributed by atoms with E-state index in [9.17, 15) is 0 Å². The Morgan fingerprint density at radius 3 is 1.91 bits per heavy atom. The summed E-state index contributed by atoms with van der Waals surface area (Å²) in [6.07, 6.45) is 23.8. The van der Waals surface area contributed by atoms with Gasteiger partial charge in [0.2, 0.25) is 0 Å². The Balaban J connectivity index is 1.62. The van der Waals surface area contributed by atoms with Gasteiger partial charge in [-0.3, -0.25) is 0 Å². The summed E-state index contributed by atoms with van der Waals surface area (Å²) in [5.41, 5.74) is 0. The van der Waals surface area contributed by atoms with E-state index in [1.165, 1.54) is 64.2 Å². The van der Waals surface area contributed by atoms with Crippen molar-refractivity contribution in [2.45, 2.75) is 77.6 Å². The van der Waals surface area contributed by atoms with Gasteiger partial charge in [0.15, 0.2) is 0 Å². The monoisotopic (exact) mass is 299 g/mol. The minimum atomic E-state index is 0.842. The molecule has 0 aromatic carbocycles. The van der Waals surface area contributed by atoms with Crippen molar-refractivity contribution in [1.29, 1.82) is 5.26 Å². The second kappa shape index (κ2) is 9.88. The second-order valence-corrected chi connectivity index (χ2v) is 7.46. The summed E-state index contributed by atoms with van der Waals surface area (Å²) in [6, 6.07) is 2.08. The minimum Gasteiger partial charge on any atom is -0.193 e. The van der Waals surface area contributed by atoms with Gasteiger partial charge >= 0.3 is 0 Å². The average molecular weight is 300 g/mol. The summed E-state index contributed by atoms with van der Waals surface area (Å²) in [7, 11) is 0. The predicted octanol–water partition coefficient (Wildman–Crippen LogP) is 6.43. The van der Waals surface area contributed by atoms with E-state index in [1.54, 1.807) is 6.08 Å². The molecule has 0 N–H and O–H groups in total. The lowest BCUT2D eigenvalue weighted by molar-refractivity contribution is 0.290. The Kier molecular flexibility index (Phi) is 7.78. The highest BCUT2D eigenvalue weighted by Crippen LogP contribution is 2.35. The number of hydrogen-bond acceptors (Lipinski definition) is 1. The Morgan fingerprint density at radius 1 is 0.864 bits per heavy atom. The third-order valence-corrected chi connectivity index (χ3v) is 5.95. The molecule has 0 aliphatic heterocycles. The molecule has 0 spiro atoms. The molecule has 0 aromatic rings. The first-order valence-corrected chi connectivity index (χ1v) is 9.54. The van der Waals surface area contributed by atoms with Gasteiger partial charge in [0.1, 0.15) is 0 Å². The molecule has 0 heterocycles. The molecule has 2 rings (SSSR count). The maximum Gasteiger partial charge on any atom is 0.0908 e. The van der Waals surface area contributed by atoms with Crippen molar-refractivity contribution in [2.24, 2.45) is 23.7 Å². The zero-order valence-corrected chi connectivity index (χ0v) is 14.3. The van der Waals surface area contributed by atoms with Crippen LogP contribution in [0.1, 0.15) is 77.6 Å². The summed E-state index contributed by atoms with van der Waals surface area (Å²) < 4.78 is 0. The van der Waals surface area contributed by atoms with Gasteiger partial charge in [0.25, 0.3) is 0 Å². The molecule has 0 aromatic heterocycles. The van der Waals surface area contributed by atoms with Crippen molar-refractivity contribution in [3.05, 3.63) is 24.3 Å². The van der Waals surface area contributed by atoms with Gasteiger partial charge < -0.3 is 0 Å². The van der Waals surface area contributed by atoms with Crippen LogP contribution in [0, 0.1) is 35.0 Å². The van der Waals surface area contributed by atoms with Crippen LogP contribution in [0.3, 0.4) is 0 Å². The molecule has 0 atom stereocenters. The molecule has 1 heteroatoms. The van der Waals surface area contributed by atoms with E-state index in [-0.39, 0.29) is 0 Å². The Labute approximate surface area is 137 Å². The smallest absolute Gasteiger partial charge is 0.0908 e.